The van der Waals surface area contributed by atoms with Gasteiger partial charge in [-0.3, -0.25) is 9.59 Å². The van der Waals surface area contributed by atoms with Gasteiger partial charge in [-0.15, -0.1) is 0 Å². The number of nitrogens with zero attached hydrogens (tertiary/aromatic N) is 2. The number of carbonyl (C=O) groups is 2. The van der Waals surface area contributed by atoms with Gasteiger partial charge in [0.2, 0.25) is 11.8 Å². The molecular weight excluding hydrogens is 304 g/mol. The molecule has 1 aromatic carbocycles. The van der Waals surface area contributed by atoms with Crippen LogP contribution in [0.15, 0.2) is 24.3 Å². The summed E-state index contributed by atoms with van der Waals surface area (Å²) in [6.45, 7) is 4.02. The van der Waals surface area contributed by atoms with Crippen LogP contribution in [0.1, 0.15) is 32.6 Å². The number of likely N-dealkylation sites (tertiary alicyclic amines) is 1. The van der Waals surface area contributed by atoms with Crippen molar-refractivity contribution in [2.75, 3.05) is 24.5 Å². The molecule has 4 rings (SSSR count). The van der Waals surface area contributed by atoms with Crippen molar-refractivity contribution in [1.29, 1.82) is 0 Å². The minimum Gasteiger partial charge on any atom is -0.487 e. The molecule has 128 valence electrons. The van der Waals surface area contributed by atoms with Crippen molar-refractivity contribution in [3.8, 4) is 5.75 Å². The van der Waals surface area contributed by atoms with Crippen molar-refractivity contribution >= 4 is 17.5 Å². The Labute approximate surface area is 142 Å². The maximum Gasteiger partial charge on any atom is 0.230 e. The van der Waals surface area contributed by atoms with E-state index in [2.05, 4.69) is 0 Å². The number of amides is 2. The van der Waals surface area contributed by atoms with E-state index in [0.29, 0.717) is 25.5 Å². The molecule has 5 heteroatoms. The molecule has 2 heterocycles. The third-order valence-corrected chi connectivity index (χ3v) is 5.27. The van der Waals surface area contributed by atoms with Crippen molar-refractivity contribution in [2.45, 2.75) is 38.7 Å². The van der Waals surface area contributed by atoms with E-state index >= 15 is 0 Å². The van der Waals surface area contributed by atoms with Crippen LogP contribution in [-0.2, 0) is 9.59 Å². The van der Waals surface area contributed by atoms with Crippen molar-refractivity contribution in [2.24, 2.45) is 11.8 Å². The highest BCUT2D eigenvalue weighted by atomic mass is 16.5. The fraction of sp³-hybridized carbons (Fsp3) is 0.579. The average molecular weight is 328 g/mol. The molecule has 0 N–H and O–H groups in total. The van der Waals surface area contributed by atoms with Gasteiger partial charge in [0.15, 0.2) is 0 Å². The number of benzene rings is 1. The molecule has 24 heavy (non-hydrogen) atoms. The van der Waals surface area contributed by atoms with Gasteiger partial charge in [-0.1, -0.05) is 12.1 Å². The van der Waals surface area contributed by atoms with E-state index in [4.69, 9.17) is 4.74 Å². The van der Waals surface area contributed by atoms with E-state index in [1.54, 1.807) is 0 Å². The molecule has 2 fully saturated rings. The number of ether oxygens (including phenoxy) is 1. The summed E-state index contributed by atoms with van der Waals surface area (Å²) in [5, 5.41) is 0. The number of fused-ring (bicyclic) bond motifs is 1. The molecule has 1 atom stereocenters. The molecule has 1 aliphatic carbocycles. The summed E-state index contributed by atoms with van der Waals surface area (Å²) < 4.78 is 5.83. The van der Waals surface area contributed by atoms with E-state index in [-0.39, 0.29) is 23.8 Å². The monoisotopic (exact) mass is 328 g/mol. The Morgan fingerprint density at radius 1 is 1.00 bits per heavy atom. The molecule has 5 nitrogen and oxygen atoms in total. The normalized spacial score (nSPS) is 24.3. The summed E-state index contributed by atoms with van der Waals surface area (Å²) in [7, 11) is 0. The highest BCUT2D eigenvalue weighted by Crippen LogP contribution is 2.36. The third kappa shape index (κ3) is 2.87. The van der Waals surface area contributed by atoms with Crippen LogP contribution in [0.25, 0.3) is 0 Å². The van der Waals surface area contributed by atoms with Crippen molar-refractivity contribution in [1.82, 2.24) is 4.90 Å². The zero-order valence-corrected chi connectivity index (χ0v) is 14.1. The summed E-state index contributed by atoms with van der Waals surface area (Å²) >= 11 is 0. The largest absolute Gasteiger partial charge is 0.487 e. The molecule has 0 unspecified atom stereocenters. The predicted octanol–water partition coefficient (Wildman–Crippen LogP) is 2.45. The maximum atomic E-state index is 13.1. The van der Waals surface area contributed by atoms with E-state index in [1.165, 1.54) is 0 Å². The van der Waals surface area contributed by atoms with E-state index in [0.717, 1.165) is 37.1 Å². The lowest BCUT2D eigenvalue weighted by molar-refractivity contribution is -0.136. The first-order valence-corrected chi connectivity index (χ1v) is 8.99. The van der Waals surface area contributed by atoms with Crippen LogP contribution in [-0.4, -0.2) is 42.5 Å². The van der Waals surface area contributed by atoms with Crippen LogP contribution >= 0.6 is 0 Å². The molecular formula is C19H24N2O3. The first-order valence-electron chi connectivity index (χ1n) is 8.99. The summed E-state index contributed by atoms with van der Waals surface area (Å²) in [6, 6.07) is 7.74. The van der Waals surface area contributed by atoms with Gasteiger partial charge in [0, 0.05) is 24.9 Å². The molecule has 2 amide bonds. The smallest absolute Gasteiger partial charge is 0.230 e. The lowest BCUT2D eigenvalue weighted by Crippen LogP contribution is -2.48. The lowest BCUT2D eigenvalue weighted by atomic mass is 9.94. The minimum atomic E-state index is 0.000355. The van der Waals surface area contributed by atoms with E-state index < -0.39 is 0 Å². The van der Waals surface area contributed by atoms with Crippen LogP contribution in [0.4, 0.5) is 5.69 Å². The molecule has 0 radical (unpaired) electrons. The fourth-order valence-corrected chi connectivity index (χ4v) is 3.75. The molecule has 3 aliphatic rings. The zero-order chi connectivity index (χ0) is 16.7. The first-order chi connectivity index (χ1) is 11.6. The molecule has 1 aromatic rings. The molecule has 1 saturated heterocycles. The van der Waals surface area contributed by atoms with Crippen molar-refractivity contribution in [3.63, 3.8) is 0 Å². The summed E-state index contributed by atoms with van der Waals surface area (Å²) in [5.74, 6) is 1.53. The SMILES string of the molecule is C[C@H]1CN(C(=O)C2CCN(C(=O)C3CC3)CC2)c2ccccc2O1. The van der Waals surface area contributed by atoms with Gasteiger partial charge in [-0.25, -0.2) is 0 Å². The number of carbonyl (C=O) groups excluding carboxylic acids is 2. The highest BCUT2D eigenvalue weighted by molar-refractivity contribution is 5.97. The molecule has 1 saturated carbocycles. The Bertz CT molecular complexity index is 648. The molecule has 0 aromatic heterocycles. The summed E-state index contributed by atoms with van der Waals surface area (Å²) in [5.41, 5.74) is 0.872. The number of anilines is 1. The van der Waals surface area contributed by atoms with Gasteiger partial charge < -0.3 is 14.5 Å². The predicted molar refractivity (Wildman–Crippen MR) is 90.9 cm³/mol. The van der Waals surface area contributed by atoms with Crippen LogP contribution in [0, 0.1) is 11.8 Å². The second-order valence-corrected chi connectivity index (χ2v) is 7.22. The topological polar surface area (TPSA) is 49.9 Å². The van der Waals surface area contributed by atoms with Crippen LogP contribution in [0.3, 0.4) is 0 Å². The standard InChI is InChI=1S/C19H24N2O3/c1-13-12-21(16-4-2-3-5-17(16)24-13)19(23)15-8-10-20(11-9-15)18(22)14-6-7-14/h2-5,13-15H,6-12H2,1H3/t13-/m0/s1. The number of rotatable bonds is 2. The Hall–Kier alpha value is -2.04. The highest BCUT2D eigenvalue weighted by Gasteiger charge is 2.38. The lowest BCUT2D eigenvalue weighted by Gasteiger charge is -2.38. The second-order valence-electron chi connectivity index (χ2n) is 7.22. The fourth-order valence-electron chi connectivity index (χ4n) is 3.75. The Kier molecular flexibility index (Phi) is 3.94. The van der Waals surface area contributed by atoms with Crippen molar-refractivity contribution < 1.29 is 14.3 Å². The van der Waals surface area contributed by atoms with Gasteiger partial charge in [0.05, 0.1) is 12.2 Å². The zero-order valence-electron chi connectivity index (χ0n) is 14.1. The Balaban J connectivity index is 1.44. The van der Waals surface area contributed by atoms with Gasteiger partial charge in [-0.2, -0.15) is 0 Å². The number of hydrogen-bond acceptors (Lipinski definition) is 3. The maximum absolute atomic E-state index is 13.1. The van der Waals surface area contributed by atoms with Gasteiger partial charge in [0.1, 0.15) is 11.9 Å². The quantitative estimate of drug-likeness (QED) is 0.838. The van der Waals surface area contributed by atoms with Crippen LogP contribution < -0.4 is 9.64 Å². The second kappa shape index (κ2) is 6.11. The number of para-hydroxylation sites is 2. The summed E-state index contributed by atoms with van der Waals surface area (Å²) in [6.07, 6.45) is 3.62. The van der Waals surface area contributed by atoms with Gasteiger partial charge in [-0.05, 0) is 44.7 Å². The average Bonchev–Trinajstić information content (AvgIpc) is 3.45. The number of piperidine rings is 1. The summed E-state index contributed by atoms with van der Waals surface area (Å²) in [4.78, 5) is 29.0. The first kappa shape index (κ1) is 15.5. The van der Waals surface area contributed by atoms with Crippen LogP contribution in [0.2, 0.25) is 0 Å². The Morgan fingerprint density at radius 3 is 2.38 bits per heavy atom. The van der Waals surface area contributed by atoms with E-state index in [1.807, 2.05) is 41.0 Å². The molecule has 2 aliphatic heterocycles. The molecule has 0 spiro atoms. The van der Waals surface area contributed by atoms with E-state index in [9.17, 15) is 9.59 Å². The van der Waals surface area contributed by atoms with Gasteiger partial charge in [0.25, 0.3) is 0 Å². The van der Waals surface area contributed by atoms with Crippen molar-refractivity contribution in [3.05, 3.63) is 24.3 Å². The minimum absolute atomic E-state index is 0.000355. The molecule has 0 bridgehead atoms. The Morgan fingerprint density at radius 2 is 1.67 bits per heavy atom. The van der Waals surface area contributed by atoms with Crippen LogP contribution in [0.5, 0.6) is 5.75 Å². The number of hydrogen-bond donors (Lipinski definition) is 0. The van der Waals surface area contributed by atoms with Gasteiger partial charge >= 0.3 is 0 Å². The third-order valence-electron chi connectivity index (χ3n) is 5.27.